The summed E-state index contributed by atoms with van der Waals surface area (Å²) in [5.74, 6) is 0.135. The number of hydrogen-bond acceptors (Lipinski definition) is 2. The number of nitrogens with one attached hydrogen (secondary N) is 1. The van der Waals surface area contributed by atoms with Gasteiger partial charge in [0.1, 0.15) is 0 Å². The van der Waals surface area contributed by atoms with E-state index in [9.17, 15) is 4.79 Å². The van der Waals surface area contributed by atoms with Gasteiger partial charge in [0, 0.05) is 13.0 Å². The molecule has 1 aromatic rings. The Morgan fingerprint density at radius 2 is 1.95 bits per heavy atom. The van der Waals surface area contributed by atoms with Crippen molar-refractivity contribution in [1.29, 1.82) is 0 Å². The third-order valence-electron chi connectivity index (χ3n) is 3.79. The zero-order valence-corrected chi connectivity index (χ0v) is 11.8. The first-order valence-electron chi connectivity index (χ1n) is 7.36. The van der Waals surface area contributed by atoms with Gasteiger partial charge in [0.25, 0.3) is 0 Å². The number of benzene rings is 1. The molecular weight excluding hydrogens is 236 g/mol. The molecule has 1 fully saturated rings. The quantitative estimate of drug-likeness (QED) is 0.853. The van der Waals surface area contributed by atoms with Gasteiger partial charge in [-0.3, -0.25) is 4.79 Å². The highest BCUT2D eigenvalue weighted by atomic mass is 16.1. The fourth-order valence-corrected chi connectivity index (χ4v) is 2.62. The summed E-state index contributed by atoms with van der Waals surface area (Å²) in [4.78, 5) is 14.2. The molecule has 3 heteroatoms. The second-order valence-corrected chi connectivity index (χ2v) is 5.22. The molecule has 1 unspecified atom stereocenters. The number of carbonyl (C=O) groups excluding carboxylic acids is 1. The van der Waals surface area contributed by atoms with E-state index in [1.807, 2.05) is 25.1 Å². The van der Waals surface area contributed by atoms with E-state index >= 15 is 0 Å². The molecule has 2 rings (SSSR count). The molecule has 1 amide bonds. The van der Waals surface area contributed by atoms with Crippen molar-refractivity contribution in [2.75, 3.05) is 19.6 Å². The summed E-state index contributed by atoms with van der Waals surface area (Å²) >= 11 is 0. The van der Waals surface area contributed by atoms with E-state index in [0.29, 0.717) is 6.42 Å². The molecule has 0 saturated carbocycles. The fourth-order valence-electron chi connectivity index (χ4n) is 2.62. The Bertz CT molecular complexity index is 385. The average Bonchev–Trinajstić information content (AvgIpc) is 2.97. The number of likely N-dealkylation sites (tertiary alicyclic amines) is 1. The standard InChI is InChI=1S/C16H24N2O/c1-2-16(19)17-15(14-8-4-3-5-9-14)10-13-18-11-6-7-12-18/h3-5,8-9,15H,2,6-7,10-13H2,1H3,(H,17,19). The molecule has 0 radical (unpaired) electrons. The molecule has 0 spiro atoms. The van der Waals surface area contributed by atoms with Gasteiger partial charge < -0.3 is 10.2 Å². The Labute approximate surface area is 116 Å². The van der Waals surface area contributed by atoms with E-state index in [1.54, 1.807) is 0 Å². The monoisotopic (exact) mass is 260 g/mol. The third-order valence-corrected chi connectivity index (χ3v) is 3.79. The summed E-state index contributed by atoms with van der Waals surface area (Å²) < 4.78 is 0. The highest BCUT2D eigenvalue weighted by Crippen LogP contribution is 2.18. The smallest absolute Gasteiger partial charge is 0.220 e. The van der Waals surface area contributed by atoms with Crippen LogP contribution in [0.2, 0.25) is 0 Å². The van der Waals surface area contributed by atoms with Crippen LogP contribution < -0.4 is 5.32 Å². The van der Waals surface area contributed by atoms with Crippen LogP contribution in [0.4, 0.5) is 0 Å². The van der Waals surface area contributed by atoms with Gasteiger partial charge in [-0.1, -0.05) is 37.3 Å². The topological polar surface area (TPSA) is 32.3 Å². The van der Waals surface area contributed by atoms with E-state index in [0.717, 1.165) is 13.0 Å². The Hall–Kier alpha value is -1.35. The van der Waals surface area contributed by atoms with Crippen molar-refractivity contribution in [3.8, 4) is 0 Å². The molecule has 3 nitrogen and oxygen atoms in total. The van der Waals surface area contributed by atoms with Crippen LogP contribution in [0.1, 0.15) is 44.2 Å². The van der Waals surface area contributed by atoms with Gasteiger partial charge in [0.15, 0.2) is 0 Å². The van der Waals surface area contributed by atoms with Crippen LogP contribution in [0, 0.1) is 0 Å². The summed E-state index contributed by atoms with van der Waals surface area (Å²) in [6.45, 7) is 5.40. The van der Waals surface area contributed by atoms with E-state index in [2.05, 4.69) is 22.3 Å². The molecule has 1 aliphatic heterocycles. The summed E-state index contributed by atoms with van der Waals surface area (Å²) in [5.41, 5.74) is 1.21. The number of nitrogens with zero attached hydrogens (tertiary/aromatic N) is 1. The molecule has 0 aromatic heterocycles. The number of carbonyl (C=O) groups is 1. The summed E-state index contributed by atoms with van der Waals surface area (Å²) in [6.07, 6.45) is 4.18. The minimum absolute atomic E-state index is 0.135. The maximum atomic E-state index is 11.7. The highest BCUT2D eigenvalue weighted by molar-refractivity contribution is 5.76. The largest absolute Gasteiger partial charge is 0.349 e. The number of hydrogen-bond donors (Lipinski definition) is 1. The molecule has 1 aromatic carbocycles. The minimum atomic E-state index is 0.135. The van der Waals surface area contributed by atoms with Crippen molar-refractivity contribution in [3.63, 3.8) is 0 Å². The predicted molar refractivity (Wildman–Crippen MR) is 77.9 cm³/mol. The second-order valence-electron chi connectivity index (χ2n) is 5.22. The van der Waals surface area contributed by atoms with E-state index in [-0.39, 0.29) is 11.9 Å². The third kappa shape index (κ3) is 4.35. The van der Waals surface area contributed by atoms with Gasteiger partial charge in [-0.25, -0.2) is 0 Å². The first-order valence-corrected chi connectivity index (χ1v) is 7.36. The Kier molecular flexibility index (Phi) is 5.40. The Morgan fingerprint density at radius 3 is 2.58 bits per heavy atom. The lowest BCUT2D eigenvalue weighted by Gasteiger charge is -2.22. The normalized spacial score (nSPS) is 17.3. The molecule has 19 heavy (non-hydrogen) atoms. The van der Waals surface area contributed by atoms with Crippen molar-refractivity contribution < 1.29 is 4.79 Å². The van der Waals surface area contributed by atoms with Crippen LogP contribution in [0.15, 0.2) is 30.3 Å². The zero-order valence-electron chi connectivity index (χ0n) is 11.8. The molecule has 104 valence electrons. The second kappa shape index (κ2) is 7.29. The van der Waals surface area contributed by atoms with Crippen molar-refractivity contribution in [3.05, 3.63) is 35.9 Å². The van der Waals surface area contributed by atoms with Crippen LogP contribution >= 0.6 is 0 Å². The molecule has 1 atom stereocenters. The average molecular weight is 260 g/mol. The van der Waals surface area contributed by atoms with Crippen molar-refractivity contribution >= 4 is 5.91 Å². The Morgan fingerprint density at radius 1 is 1.26 bits per heavy atom. The Balaban J connectivity index is 1.95. The lowest BCUT2D eigenvalue weighted by atomic mass is 10.0. The molecule has 1 saturated heterocycles. The van der Waals surface area contributed by atoms with Crippen molar-refractivity contribution in [2.45, 2.75) is 38.6 Å². The maximum Gasteiger partial charge on any atom is 0.220 e. The van der Waals surface area contributed by atoms with Gasteiger partial charge in [-0.15, -0.1) is 0 Å². The summed E-state index contributed by atoms with van der Waals surface area (Å²) in [5, 5.41) is 3.14. The minimum Gasteiger partial charge on any atom is -0.349 e. The van der Waals surface area contributed by atoms with Gasteiger partial charge in [-0.05, 0) is 37.9 Å². The molecule has 1 N–H and O–H groups in total. The van der Waals surface area contributed by atoms with E-state index in [1.165, 1.54) is 31.5 Å². The van der Waals surface area contributed by atoms with Gasteiger partial charge >= 0.3 is 0 Å². The van der Waals surface area contributed by atoms with E-state index in [4.69, 9.17) is 0 Å². The molecule has 0 bridgehead atoms. The summed E-state index contributed by atoms with van der Waals surface area (Å²) in [6, 6.07) is 10.4. The highest BCUT2D eigenvalue weighted by Gasteiger charge is 2.17. The lowest BCUT2D eigenvalue weighted by molar-refractivity contribution is -0.121. The number of rotatable bonds is 6. The van der Waals surface area contributed by atoms with Crippen LogP contribution in [-0.2, 0) is 4.79 Å². The molecule has 0 aliphatic carbocycles. The van der Waals surface area contributed by atoms with Crippen LogP contribution in [0.5, 0.6) is 0 Å². The fraction of sp³-hybridized carbons (Fsp3) is 0.562. The van der Waals surface area contributed by atoms with E-state index < -0.39 is 0 Å². The molecular formula is C16H24N2O. The van der Waals surface area contributed by atoms with Crippen LogP contribution in [-0.4, -0.2) is 30.4 Å². The van der Waals surface area contributed by atoms with Gasteiger partial charge in [-0.2, -0.15) is 0 Å². The van der Waals surface area contributed by atoms with Crippen LogP contribution in [0.3, 0.4) is 0 Å². The molecule has 1 heterocycles. The first kappa shape index (κ1) is 14.1. The van der Waals surface area contributed by atoms with Crippen LogP contribution in [0.25, 0.3) is 0 Å². The molecule has 1 aliphatic rings. The zero-order chi connectivity index (χ0) is 13.5. The lowest BCUT2D eigenvalue weighted by Crippen LogP contribution is -2.31. The van der Waals surface area contributed by atoms with Gasteiger partial charge in [0.05, 0.1) is 6.04 Å². The van der Waals surface area contributed by atoms with Crippen molar-refractivity contribution in [2.24, 2.45) is 0 Å². The SMILES string of the molecule is CCC(=O)NC(CCN1CCCC1)c1ccccc1. The van der Waals surface area contributed by atoms with Gasteiger partial charge in [0.2, 0.25) is 5.91 Å². The van der Waals surface area contributed by atoms with Crippen molar-refractivity contribution in [1.82, 2.24) is 10.2 Å². The predicted octanol–water partition coefficient (Wildman–Crippen LogP) is 2.74. The first-order chi connectivity index (χ1) is 9.29. The summed E-state index contributed by atoms with van der Waals surface area (Å²) in [7, 11) is 0. The maximum absolute atomic E-state index is 11.7. The number of amides is 1.